The van der Waals surface area contributed by atoms with Gasteiger partial charge in [-0.25, -0.2) is 0 Å². The lowest BCUT2D eigenvalue weighted by Crippen LogP contribution is -2.35. The Morgan fingerprint density at radius 3 is 0.880 bits per heavy atom. The van der Waals surface area contributed by atoms with Gasteiger partial charge >= 0.3 is 0 Å². The third-order valence-corrected chi connectivity index (χ3v) is 22.5. The maximum Gasteiger partial charge on any atom is 0.263 e. The summed E-state index contributed by atoms with van der Waals surface area (Å²) in [7, 11) is 0. The first-order valence-electron chi connectivity index (χ1n) is 30.7. The van der Waals surface area contributed by atoms with Crippen molar-refractivity contribution in [1.82, 2.24) is 19.6 Å². The highest BCUT2D eigenvalue weighted by Gasteiger charge is 2.48. The molecule has 4 aliphatic heterocycles. The van der Waals surface area contributed by atoms with Crippen molar-refractivity contribution in [2.75, 3.05) is 26.2 Å². The monoisotopic (exact) mass is 1340 g/mol. The molecule has 0 spiro atoms. The van der Waals surface area contributed by atoms with Crippen LogP contribution in [0.2, 0.25) is 0 Å². The third-order valence-electron chi connectivity index (χ3n) is 16.5. The molecule has 4 aliphatic rings. The van der Waals surface area contributed by atoms with Crippen LogP contribution in [-0.2, 0) is 0 Å². The van der Waals surface area contributed by atoms with Gasteiger partial charge in [-0.3, -0.25) is 58.0 Å². The maximum atomic E-state index is 13.7. The quantitative estimate of drug-likeness (QED) is 0.0423. The molecule has 8 rings (SSSR count). The first-order valence-corrected chi connectivity index (χ1v) is 35.6. The van der Waals surface area contributed by atoms with E-state index in [1.54, 1.807) is 10.8 Å². The molecular formula is C65H90Br2N4O8S4. The standard InChI is InChI=1S/C28H34Br2N2O4S2.C28H36N2O4S2.C5H12.C4H8/c1-5-9-11-15(7-3)13-31-25(33)17-19(27(31)35)23(29)37-21(17)22-18-20(24(30)38-22)28(36)32(26(18)34)14-16(8-4)12-10-6-2;1-5-9-11-17(7-3)13-29-25(31)19-15-35-23(21(19)27(29)33)24-22-20(16-36-24)26(32)30(28(22)34)14-18(8-4)12-10-6-2;1-4-5(2)3;1-3-4-2/h15-16H,5-14H2,1-4H3;15-18H,5-14H2,1-4H3;5H,4H2,1-3H3;3-4H,1-2H3/b;;;4-3-. The molecule has 0 saturated heterocycles. The third kappa shape index (κ3) is 15.8. The van der Waals surface area contributed by atoms with Crippen LogP contribution < -0.4 is 0 Å². The zero-order valence-corrected chi connectivity index (χ0v) is 57.9. The first-order chi connectivity index (χ1) is 39.7. The van der Waals surface area contributed by atoms with Crippen LogP contribution in [0.5, 0.6) is 0 Å². The van der Waals surface area contributed by atoms with Gasteiger partial charge in [-0.15, -0.1) is 45.3 Å². The summed E-state index contributed by atoms with van der Waals surface area (Å²) in [5, 5.41) is 3.47. The number of unbranched alkanes of at least 4 members (excludes halogenated alkanes) is 4. The van der Waals surface area contributed by atoms with Gasteiger partial charge in [0.1, 0.15) is 0 Å². The Hall–Kier alpha value is -3.94. The van der Waals surface area contributed by atoms with Crippen molar-refractivity contribution in [3.05, 3.63) is 75.0 Å². The van der Waals surface area contributed by atoms with E-state index in [-0.39, 0.29) is 70.9 Å². The summed E-state index contributed by atoms with van der Waals surface area (Å²) in [6.07, 6.45) is 21.4. The van der Waals surface area contributed by atoms with Crippen molar-refractivity contribution >= 4 is 124 Å². The van der Waals surface area contributed by atoms with Gasteiger partial charge < -0.3 is 0 Å². The average Bonchev–Trinajstić information content (AvgIpc) is 3.21. The Morgan fingerprint density at radius 1 is 0.386 bits per heavy atom. The Morgan fingerprint density at radius 2 is 0.639 bits per heavy atom. The number of amides is 8. The van der Waals surface area contributed by atoms with E-state index in [4.69, 9.17) is 0 Å². The molecule has 0 bridgehead atoms. The highest BCUT2D eigenvalue weighted by atomic mass is 79.9. The molecule has 0 aromatic carbocycles. The molecule has 18 heteroatoms. The number of allylic oxidation sites excluding steroid dienone is 2. The zero-order valence-electron chi connectivity index (χ0n) is 51.5. The number of rotatable bonds is 27. The Labute approximate surface area is 527 Å². The molecule has 83 heavy (non-hydrogen) atoms. The number of imide groups is 4. The molecule has 8 amide bonds. The maximum absolute atomic E-state index is 13.7. The van der Waals surface area contributed by atoms with Crippen molar-refractivity contribution < 1.29 is 38.4 Å². The fourth-order valence-corrected chi connectivity index (χ4v) is 16.7. The second-order valence-corrected chi connectivity index (χ2v) is 29.1. The van der Waals surface area contributed by atoms with Crippen LogP contribution in [0, 0.1) is 29.6 Å². The summed E-state index contributed by atoms with van der Waals surface area (Å²) in [5.74, 6) is -0.268. The van der Waals surface area contributed by atoms with Gasteiger partial charge in [0.05, 0.1) is 71.6 Å². The largest absolute Gasteiger partial charge is 0.274 e. The van der Waals surface area contributed by atoms with Crippen molar-refractivity contribution in [3.8, 4) is 19.5 Å². The minimum atomic E-state index is -0.311. The van der Waals surface area contributed by atoms with E-state index in [0.29, 0.717) is 97.8 Å². The van der Waals surface area contributed by atoms with E-state index in [9.17, 15) is 38.4 Å². The van der Waals surface area contributed by atoms with Gasteiger partial charge in [0.25, 0.3) is 47.3 Å². The molecule has 0 saturated carbocycles. The predicted molar refractivity (Wildman–Crippen MR) is 351 cm³/mol. The molecule has 0 fully saturated rings. The summed E-state index contributed by atoms with van der Waals surface area (Å²) >= 11 is 12.3. The molecule has 0 N–H and O–H groups in total. The van der Waals surface area contributed by atoms with Crippen LogP contribution in [-0.4, -0.2) is 93.0 Å². The summed E-state index contributed by atoms with van der Waals surface area (Å²) in [6.45, 7) is 29.2. The molecule has 4 aromatic rings. The van der Waals surface area contributed by atoms with Gasteiger partial charge in [-0.1, -0.05) is 172 Å². The number of nitrogens with zero attached hydrogens (tertiary/aromatic N) is 4. The van der Waals surface area contributed by atoms with Crippen LogP contribution in [0.25, 0.3) is 19.5 Å². The van der Waals surface area contributed by atoms with Crippen molar-refractivity contribution in [1.29, 1.82) is 0 Å². The number of thiophene rings is 4. The number of hydrogen-bond donors (Lipinski definition) is 0. The molecule has 4 aromatic heterocycles. The number of carbonyl (C=O) groups is 8. The number of fused-ring (bicyclic) bond motifs is 4. The Bertz CT molecular complexity index is 2780. The lowest BCUT2D eigenvalue weighted by atomic mass is 9.99. The molecule has 4 atom stereocenters. The molecule has 12 nitrogen and oxygen atoms in total. The van der Waals surface area contributed by atoms with Crippen LogP contribution in [0.15, 0.2) is 30.5 Å². The van der Waals surface area contributed by atoms with Crippen molar-refractivity contribution in [2.24, 2.45) is 29.6 Å². The van der Waals surface area contributed by atoms with Gasteiger partial charge in [-0.2, -0.15) is 0 Å². The SMILES string of the molecule is C/C=C\C.CCC(C)C.CCCCC(CC)CN1C(=O)c2c(Br)sc(-c3sc(Br)c4c3C(=O)N(CC(CC)CCCC)C4=O)c2C1=O.CCCCC(CC)CN1C(=O)c2csc(-c3scc4c3C(=O)N(CC(CC)CCCC)C4=O)c2C1=O. The first kappa shape index (κ1) is 69.8. The van der Waals surface area contributed by atoms with Gasteiger partial charge in [-0.05, 0) is 101 Å². The molecular weight excluding hydrogens is 1250 g/mol. The highest BCUT2D eigenvalue weighted by molar-refractivity contribution is 9.11. The van der Waals surface area contributed by atoms with Crippen molar-refractivity contribution in [3.63, 3.8) is 0 Å². The van der Waals surface area contributed by atoms with Crippen LogP contribution >= 0.6 is 77.2 Å². The average molecular weight is 1340 g/mol. The fraction of sp³-hybridized carbons (Fsp3) is 0.600. The zero-order chi connectivity index (χ0) is 61.4. The topological polar surface area (TPSA) is 150 Å². The van der Waals surface area contributed by atoms with E-state index in [1.165, 1.54) is 71.4 Å². The Kier molecular flexibility index (Phi) is 28.0. The normalized spacial score (nSPS) is 15.9. The lowest BCUT2D eigenvalue weighted by Gasteiger charge is -2.22. The number of carbonyl (C=O) groups excluding carboxylic acids is 8. The van der Waals surface area contributed by atoms with Gasteiger partial charge in [0.15, 0.2) is 0 Å². The van der Waals surface area contributed by atoms with E-state index in [2.05, 4.69) is 108 Å². The highest BCUT2D eigenvalue weighted by Crippen LogP contribution is 2.52. The number of halogens is 2. The fourth-order valence-electron chi connectivity index (χ4n) is 10.5. The smallest absolute Gasteiger partial charge is 0.263 e. The van der Waals surface area contributed by atoms with E-state index in [1.807, 2.05) is 26.0 Å². The molecule has 8 heterocycles. The predicted octanol–water partition coefficient (Wildman–Crippen LogP) is 19.4. The summed E-state index contributed by atoms with van der Waals surface area (Å²) in [4.78, 5) is 115. The van der Waals surface area contributed by atoms with Crippen LogP contribution in [0.1, 0.15) is 282 Å². The minimum Gasteiger partial charge on any atom is -0.274 e. The minimum absolute atomic E-state index is 0.244. The summed E-state index contributed by atoms with van der Waals surface area (Å²) in [6, 6.07) is 0. The second-order valence-electron chi connectivity index (χ2n) is 22.6. The van der Waals surface area contributed by atoms with Crippen molar-refractivity contribution in [2.45, 2.75) is 199 Å². The van der Waals surface area contributed by atoms with E-state index >= 15 is 0 Å². The van der Waals surface area contributed by atoms with Gasteiger partial charge in [0, 0.05) is 36.9 Å². The molecule has 456 valence electrons. The van der Waals surface area contributed by atoms with Gasteiger partial charge in [0.2, 0.25) is 0 Å². The molecule has 4 unspecified atom stereocenters. The number of hydrogen-bond acceptors (Lipinski definition) is 12. The van der Waals surface area contributed by atoms with Crippen LogP contribution in [0.3, 0.4) is 0 Å². The molecule has 0 radical (unpaired) electrons. The summed E-state index contributed by atoms with van der Waals surface area (Å²) < 4.78 is 1.17. The second kappa shape index (κ2) is 33.3. The van der Waals surface area contributed by atoms with E-state index < -0.39 is 0 Å². The summed E-state index contributed by atoms with van der Waals surface area (Å²) in [5.41, 5.74) is 3.08. The molecule has 0 aliphatic carbocycles. The lowest BCUT2D eigenvalue weighted by molar-refractivity contribution is 0.0608. The van der Waals surface area contributed by atoms with E-state index in [0.717, 1.165) is 109 Å². The van der Waals surface area contributed by atoms with Crippen LogP contribution in [0.4, 0.5) is 0 Å². The Balaban J connectivity index is 0.000000265.